The molecule has 0 spiro atoms. The highest BCUT2D eigenvalue weighted by molar-refractivity contribution is 5.65. The maximum Gasteiger partial charge on any atom is 0.119 e. The van der Waals surface area contributed by atoms with E-state index in [1.165, 1.54) is 16.7 Å². The highest BCUT2D eigenvalue weighted by atomic mass is 16.5. The summed E-state index contributed by atoms with van der Waals surface area (Å²) in [7, 11) is 1.69. The van der Waals surface area contributed by atoms with Gasteiger partial charge in [0, 0.05) is 6.54 Å². The third-order valence-corrected chi connectivity index (χ3v) is 2.94. The molecule has 0 aliphatic heterocycles. The number of nitrogens with one attached hydrogen (secondary N) is 1. The van der Waals surface area contributed by atoms with Crippen LogP contribution in [0.15, 0.2) is 48.5 Å². The maximum absolute atomic E-state index is 5.24. The SMILES string of the molecule is CCNCc1ccc(-c2cccc(OC)c2)cc1. The van der Waals surface area contributed by atoms with Gasteiger partial charge in [-0.1, -0.05) is 43.3 Å². The van der Waals surface area contributed by atoms with E-state index in [4.69, 9.17) is 4.74 Å². The Hall–Kier alpha value is -1.80. The molecule has 0 atom stereocenters. The third kappa shape index (κ3) is 3.11. The zero-order valence-electron chi connectivity index (χ0n) is 10.9. The fourth-order valence-electron chi connectivity index (χ4n) is 1.89. The Balaban J connectivity index is 2.17. The summed E-state index contributed by atoms with van der Waals surface area (Å²) in [4.78, 5) is 0. The molecule has 0 bridgehead atoms. The van der Waals surface area contributed by atoms with Crippen LogP contribution in [0.4, 0.5) is 0 Å². The number of hydrogen-bond donors (Lipinski definition) is 1. The van der Waals surface area contributed by atoms with E-state index in [0.717, 1.165) is 18.8 Å². The lowest BCUT2D eigenvalue weighted by atomic mass is 10.0. The molecule has 0 unspecified atom stereocenters. The van der Waals surface area contributed by atoms with Crippen LogP contribution < -0.4 is 10.1 Å². The van der Waals surface area contributed by atoms with Crippen molar-refractivity contribution < 1.29 is 4.74 Å². The molecule has 0 aliphatic rings. The van der Waals surface area contributed by atoms with Crippen molar-refractivity contribution in [2.75, 3.05) is 13.7 Å². The Morgan fingerprint density at radius 2 is 1.78 bits per heavy atom. The van der Waals surface area contributed by atoms with Crippen molar-refractivity contribution in [1.82, 2.24) is 5.32 Å². The first-order valence-corrected chi connectivity index (χ1v) is 6.27. The van der Waals surface area contributed by atoms with Crippen LogP contribution in [0, 0.1) is 0 Å². The van der Waals surface area contributed by atoms with Crippen LogP contribution in [0.3, 0.4) is 0 Å². The Labute approximate surface area is 109 Å². The lowest BCUT2D eigenvalue weighted by Crippen LogP contribution is -2.11. The molecule has 0 fully saturated rings. The molecule has 2 heteroatoms. The minimum absolute atomic E-state index is 0.893. The summed E-state index contributed by atoms with van der Waals surface area (Å²) in [6.45, 7) is 4.04. The van der Waals surface area contributed by atoms with E-state index in [-0.39, 0.29) is 0 Å². The molecule has 94 valence electrons. The van der Waals surface area contributed by atoms with Gasteiger partial charge in [-0.15, -0.1) is 0 Å². The van der Waals surface area contributed by atoms with Crippen molar-refractivity contribution in [3.63, 3.8) is 0 Å². The fraction of sp³-hybridized carbons (Fsp3) is 0.250. The second-order valence-electron chi connectivity index (χ2n) is 4.21. The topological polar surface area (TPSA) is 21.3 Å². The summed E-state index contributed by atoms with van der Waals surface area (Å²) in [6.07, 6.45) is 0. The van der Waals surface area contributed by atoms with Crippen LogP contribution in [0.25, 0.3) is 11.1 Å². The smallest absolute Gasteiger partial charge is 0.119 e. The van der Waals surface area contributed by atoms with Gasteiger partial charge >= 0.3 is 0 Å². The monoisotopic (exact) mass is 241 g/mol. The van der Waals surface area contributed by atoms with E-state index in [0.29, 0.717) is 0 Å². The molecule has 0 heterocycles. The fourth-order valence-corrected chi connectivity index (χ4v) is 1.89. The summed E-state index contributed by atoms with van der Waals surface area (Å²) in [5.41, 5.74) is 3.71. The van der Waals surface area contributed by atoms with Crippen LogP contribution in [-0.4, -0.2) is 13.7 Å². The number of ether oxygens (including phenoxy) is 1. The molecular weight excluding hydrogens is 222 g/mol. The summed E-state index contributed by atoms with van der Waals surface area (Å²) < 4.78 is 5.24. The average molecular weight is 241 g/mol. The highest BCUT2D eigenvalue weighted by Gasteiger charge is 1.99. The van der Waals surface area contributed by atoms with Gasteiger partial charge in [0.15, 0.2) is 0 Å². The molecule has 2 aromatic carbocycles. The van der Waals surface area contributed by atoms with Crippen LogP contribution >= 0.6 is 0 Å². The molecule has 0 amide bonds. The lowest BCUT2D eigenvalue weighted by molar-refractivity contribution is 0.415. The van der Waals surface area contributed by atoms with Gasteiger partial charge < -0.3 is 10.1 Å². The first-order chi connectivity index (χ1) is 8.83. The normalized spacial score (nSPS) is 10.3. The molecule has 18 heavy (non-hydrogen) atoms. The predicted octanol–water partition coefficient (Wildman–Crippen LogP) is 3.47. The van der Waals surface area contributed by atoms with Gasteiger partial charge in [0.25, 0.3) is 0 Å². The molecule has 0 radical (unpaired) electrons. The van der Waals surface area contributed by atoms with E-state index in [1.54, 1.807) is 7.11 Å². The van der Waals surface area contributed by atoms with Crippen molar-refractivity contribution >= 4 is 0 Å². The van der Waals surface area contributed by atoms with E-state index >= 15 is 0 Å². The molecule has 1 N–H and O–H groups in total. The standard InChI is InChI=1S/C16H19NO/c1-3-17-12-13-7-9-14(10-8-13)15-5-4-6-16(11-15)18-2/h4-11,17H,3,12H2,1-2H3. The Morgan fingerprint density at radius 1 is 1.00 bits per heavy atom. The van der Waals surface area contributed by atoms with Crippen LogP contribution in [0.2, 0.25) is 0 Å². The van der Waals surface area contributed by atoms with Crippen molar-refractivity contribution in [2.24, 2.45) is 0 Å². The number of rotatable bonds is 5. The van der Waals surface area contributed by atoms with E-state index in [2.05, 4.69) is 48.6 Å². The van der Waals surface area contributed by atoms with Gasteiger partial charge in [0.05, 0.1) is 7.11 Å². The maximum atomic E-state index is 5.24. The van der Waals surface area contributed by atoms with Gasteiger partial charge in [-0.3, -0.25) is 0 Å². The van der Waals surface area contributed by atoms with Crippen molar-refractivity contribution in [3.8, 4) is 16.9 Å². The van der Waals surface area contributed by atoms with Crippen LogP contribution in [0.5, 0.6) is 5.75 Å². The average Bonchev–Trinajstić information content (AvgIpc) is 2.46. The largest absolute Gasteiger partial charge is 0.497 e. The van der Waals surface area contributed by atoms with Crippen LogP contribution in [-0.2, 0) is 6.54 Å². The molecule has 2 nitrogen and oxygen atoms in total. The molecule has 2 rings (SSSR count). The molecule has 0 saturated carbocycles. The second-order valence-corrected chi connectivity index (χ2v) is 4.21. The summed E-state index contributed by atoms with van der Waals surface area (Å²) in [5, 5.41) is 3.32. The van der Waals surface area contributed by atoms with Crippen molar-refractivity contribution in [3.05, 3.63) is 54.1 Å². The highest BCUT2D eigenvalue weighted by Crippen LogP contribution is 2.23. The minimum atomic E-state index is 0.893. The van der Waals surface area contributed by atoms with Gasteiger partial charge in [-0.2, -0.15) is 0 Å². The first kappa shape index (κ1) is 12.7. The van der Waals surface area contributed by atoms with E-state index < -0.39 is 0 Å². The molecule has 2 aromatic rings. The first-order valence-electron chi connectivity index (χ1n) is 6.27. The molecular formula is C16H19NO. The van der Waals surface area contributed by atoms with Crippen LogP contribution in [0.1, 0.15) is 12.5 Å². The van der Waals surface area contributed by atoms with Gasteiger partial charge in [0.1, 0.15) is 5.75 Å². The molecule has 0 aliphatic carbocycles. The Bertz CT molecular complexity index is 491. The predicted molar refractivity (Wildman–Crippen MR) is 75.8 cm³/mol. The van der Waals surface area contributed by atoms with Gasteiger partial charge in [-0.25, -0.2) is 0 Å². The molecule has 0 aromatic heterocycles. The second kappa shape index (κ2) is 6.22. The zero-order valence-corrected chi connectivity index (χ0v) is 10.9. The number of methoxy groups -OCH3 is 1. The quantitative estimate of drug-likeness (QED) is 0.865. The summed E-state index contributed by atoms with van der Waals surface area (Å²) in [6, 6.07) is 16.8. The summed E-state index contributed by atoms with van der Waals surface area (Å²) >= 11 is 0. The van der Waals surface area contributed by atoms with Gasteiger partial charge in [-0.05, 0) is 35.4 Å². The summed E-state index contributed by atoms with van der Waals surface area (Å²) in [5.74, 6) is 0.893. The Morgan fingerprint density at radius 3 is 2.44 bits per heavy atom. The zero-order chi connectivity index (χ0) is 12.8. The lowest BCUT2D eigenvalue weighted by Gasteiger charge is -2.06. The van der Waals surface area contributed by atoms with E-state index in [1.807, 2.05) is 12.1 Å². The van der Waals surface area contributed by atoms with E-state index in [9.17, 15) is 0 Å². The number of hydrogen-bond acceptors (Lipinski definition) is 2. The van der Waals surface area contributed by atoms with Crippen molar-refractivity contribution in [1.29, 1.82) is 0 Å². The minimum Gasteiger partial charge on any atom is -0.497 e. The third-order valence-electron chi connectivity index (χ3n) is 2.94. The Kier molecular flexibility index (Phi) is 4.37. The molecule has 0 saturated heterocycles. The van der Waals surface area contributed by atoms with Crippen molar-refractivity contribution in [2.45, 2.75) is 13.5 Å². The number of benzene rings is 2. The van der Waals surface area contributed by atoms with Gasteiger partial charge in [0.2, 0.25) is 0 Å².